The molecule has 132 valence electrons. The number of carbonyl (C=O) groups excluding carboxylic acids is 1. The molecule has 3 rings (SSSR count). The van der Waals surface area contributed by atoms with Crippen LogP contribution in [0.4, 0.5) is 24.5 Å². The maximum absolute atomic E-state index is 12.5. The Kier molecular flexibility index (Phi) is 4.97. The van der Waals surface area contributed by atoms with Crippen molar-refractivity contribution in [1.29, 1.82) is 0 Å². The smallest absolute Gasteiger partial charge is 0.375 e. The van der Waals surface area contributed by atoms with Gasteiger partial charge in [0.2, 0.25) is 0 Å². The Balaban J connectivity index is 1.75. The number of hydrogen-bond donors (Lipinski definition) is 2. The van der Waals surface area contributed by atoms with Gasteiger partial charge >= 0.3 is 6.18 Å². The molecule has 2 aromatic carbocycles. The van der Waals surface area contributed by atoms with Crippen molar-refractivity contribution < 1.29 is 18.0 Å². The third-order valence-corrected chi connectivity index (χ3v) is 4.27. The predicted octanol–water partition coefficient (Wildman–Crippen LogP) is 4.79. The molecular formula is C19H19F3N2O. The Morgan fingerprint density at radius 3 is 2.36 bits per heavy atom. The summed E-state index contributed by atoms with van der Waals surface area (Å²) in [7, 11) is 0. The van der Waals surface area contributed by atoms with E-state index in [1.165, 1.54) is 17.2 Å². The summed E-state index contributed by atoms with van der Waals surface area (Å²) in [5.41, 5.74) is 3.55. The van der Waals surface area contributed by atoms with Crippen LogP contribution in [-0.4, -0.2) is 18.6 Å². The lowest BCUT2D eigenvalue weighted by molar-refractivity contribution is -0.115. The molecule has 3 nitrogen and oxygen atoms in total. The van der Waals surface area contributed by atoms with Crippen molar-refractivity contribution in [2.24, 2.45) is 0 Å². The van der Waals surface area contributed by atoms with Crippen LogP contribution < -0.4 is 10.6 Å². The molecule has 0 bridgehead atoms. The van der Waals surface area contributed by atoms with Gasteiger partial charge in [-0.05, 0) is 61.1 Å². The van der Waals surface area contributed by atoms with Crippen LogP contribution in [0.25, 0.3) is 0 Å². The van der Waals surface area contributed by atoms with E-state index in [9.17, 15) is 18.0 Å². The Hall–Kier alpha value is -2.50. The summed E-state index contributed by atoms with van der Waals surface area (Å²) in [5, 5.41) is 5.02. The van der Waals surface area contributed by atoms with Gasteiger partial charge < -0.3 is 10.6 Å². The molecule has 25 heavy (non-hydrogen) atoms. The number of carbonyl (C=O) groups is 1. The minimum absolute atomic E-state index is 0.242. The first-order valence-electron chi connectivity index (χ1n) is 8.25. The minimum atomic E-state index is -4.32. The molecule has 2 N–H and O–H groups in total. The third-order valence-electron chi connectivity index (χ3n) is 4.27. The van der Waals surface area contributed by atoms with Gasteiger partial charge in [0.1, 0.15) is 6.54 Å². The van der Waals surface area contributed by atoms with Gasteiger partial charge in [0.05, 0.1) is 11.4 Å². The lowest BCUT2D eigenvalue weighted by Crippen LogP contribution is -2.22. The van der Waals surface area contributed by atoms with Crippen LogP contribution >= 0.6 is 0 Å². The van der Waals surface area contributed by atoms with Crippen molar-refractivity contribution in [3.05, 3.63) is 59.2 Å². The van der Waals surface area contributed by atoms with Gasteiger partial charge in [-0.15, -0.1) is 0 Å². The molecule has 0 spiro atoms. The molecule has 6 heteroatoms. The zero-order valence-corrected chi connectivity index (χ0v) is 13.6. The highest BCUT2D eigenvalue weighted by Gasteiger charge is 2.27. The second kappa shape index (κ2) is 7.17. The number of fused-ring (bicyclic) bond motifs is 1. The lowest BCUT2D eigenvalue weighted by atomic mass is 9.90. The first-order valence-corrected chi connectivity index (χ1v) is 8.25. The highest BCUT2D eigenvalue weighted by atomic mass is 19.4. The van der Waals surface area contributed by atoms with Crippen molar-refractivity contribution in [1.82, 2.24) is 0 Å². The average Bonchev–Trinajstić information content (AvgIpc) is 2.60. The fourth-order valence-corrected chi connectivity index (χ4v) is 3.01. The maximum atomic E-state index is 12.5. The van der Waals surface area contributed by atoms with E-state index in [2.05, 4.69) is 10.6 Å². The summed E-state index contributed by atoms with van der Waals surface area (Å²) >= 11 is 0. The molecule has 1 aliphatic carbocycles. The van der Waals surface area contributed by atoms with Crippen LogP contribution in [0.1, 0.15) is 34.3 Å². The standard InChI is InChI=1S/C19H19F3N2O/c20-19(21,22)12-23-16-7-3-4-8-17(16)24-18(25)15-10-9-13-5-1-2-6-14(13)11-15/h3-4,7-11,23H,1-2,5-6,12H2,(H,24,25). The quantitative estimate of drug-likeness (QED) is 0.834. The van der Waals surface area contributed by atoms with Gasteiger partial charge in [0.25, 0.3) is 5.91 Å². The van der Waals surface area contributed by atoms with Crippen molar-refractivity contribution >= 4 is 17.3 Å². The van der Waals surface area contributed by atoms with E-state index in [1.54, 1.807) is 24.3 Å². The number of alkyl halides is 3. The average molecular weight is 348 g/mol. The maximum Gasteiger partial charge on any atom is 0.405 e. The second-order valence-electron chi connectivity index (χ2n) is 6.16. The monoisotopic (exact) mass is 348 g/mol. The zero-order chi connectivity index (χ0) is 17.9. The van der Waals surface area contributed by atoms with E-state index in [1.807, 2.05) is 12.1 Å². The third kappa shape index (κ3) is 4.53. The lowest BCUT2D eigenvalue weighted by Gasteiger charge is -2.17. The van der Waals surface area contributed by atoms with Gasteiger partial charge in [-0.1, -0.05) is 18.2 Å². The SMILES string of the molecule is O=C(Nc1ccccc1NCC(F)(F)F)c1ccc2c(c1)CCCC2. The van der Waals surface area contributed by atoms with Crippen LogP contribution in [0, 0.1) is 0 Å². The molecule has 0 aromatic heterocycles. The molecule has 0 heterocycles. The molecule has 0 saturated heterocycles. The van der Waals surface area contributed by atoms with E-state index < -0.39 is 12.7 Å². The van der Waals surface area contributed by atoms with E-state index in [0.29, 0.717) is 11.3 Å². The molecule has 0 saturated carbocycles. The van der Waals surface area contributed by atoms with Crippen molar-refractivity contribution in [3.8, 4) is 0 Å². The summed E-state index contributed by atoms with van der Waals surface area (Å²) in [6, 6.07) is 12.0. The first kappa shape index (κ1) is 17.3. The Bertz CT molecular complexity index is 772. The van der Waals surface area contributed by atoms with Crippen LogP contribution in [0.15, 0.2) is 42.5 Å². The van der Waals surface area contributed by atoms with Crippen LogP contribution in [0.3, 0.4) is 0 Å². The summed E-state index contributed by atoms with van der Waals surface area (Å²) in [6.45, 7) is -1.15. The fraction of sp³-hybridized carbons (Fsp3) is 0.316. The van der Waals surface area contributed by atoms with E-state index in [4.69, 9.17) is 0 Å². The van der Waals surface area contributed by atoms with Crippen LogP contribution in [-0.2, 0) is 12.8 Å². The summed E-state index contributed by atoms with van der Waals surface area (Å²) in [4.78, 5) is 12.5. The van der Waals surface area contributed by atoms with Crippen molar-refractivity contribution in [3.63, 3.8) is 0 Å². The van der Waals surface area contributed by atoms with E-state index >= 15 is 0 Å². The topological polar surface area (TPSA) is 41.1 Å². The molecule has 2 aromatic rings. The summed E-state index contributed by atoms with van der Waals surface area (Å²) in [5.74, 6) is -0.324. The van der Waals surface area contributed by atoms with Gasteiger partial charge in [-0.3, -0.25) is 4.79 Å². The summed E-state index contributed by atoms with van der Waals surface area (Å²) in [6.07, 6.45) is -0.0592. The Morgan fingerprint density at radius 1 is 0.960 bits per heavy atom. The molecule has 0 fully saturated rings. The summed E-state index contributed by atoms with van der Waals surface area (Å²) < 4.78 is 37.2. The zero-order valence-electron chi connectivity index (χ0n) is 13.6. The van der Waals surface area contributed by atoms with Crippen molar-refractivity contribution in [2.75, 3.05) is 17.2 Å². The molecule has 0 aliphatic heterocycles. The number of amides is 1. The molecule has 1 aliphatic rings. The largest absolute Gasteiger partial charge is 0.405 e. The number of para-hydroxylation sites is 2. The number of rotatable bonds is 4. The van der Waals surface area contributed by atoms with Gasteiger partial charge in [-0.25, -0.2) is 0 Å². The normalized spacial score (nSPS) is 13.9. The number of nitrogens with one attached hydrogen (secondary N) is 2. The highest BCUT2D eigenvalue weighted by molar-refractivity contribution is 6.06. The molecule has 0 radical (unpaired) electrons. The Morgan fingerprint density at radius 2 is 1.64 bits per heavy atom. The first-order chi connectivity index (χ1) is 11.9. The minimum Gasteiger partial charge on any atom is -0.375 e. The van der Waals surface area contributed by atoms with Gasteiger partial charge in [0, 0.05) is 5.56 Å². The molecule has 0 unspecified atom stereocenters. The van der Waals surface area contributed by atoms with Crippen LogP contribution in [0.2, 0.25) is 0 Å². The molecule has 1 amide bonds. The fourth-order valence-electron chi connectivity index (χ4n) is 3.01. The second-order valence-corrected chi connectivity index (χ2v) is 6.16. The number of benzene rings is 2. The molecule has 0 atom stereocenters. The van der Waals surface area contributed by atoms with E-state index in [-0.39, 0.29) is 11.6 Å². The predicted molar refractivity (Wildman–Crippen MR) is 92.0 cm³/mol. The van der Waals surface area contributed by atoms with Gasteiger partial charge in [-0.2, -0.15) is 13.2 Å². The van der Waals surface area contributed by atoms with Gasteiger partial charge in [0.15, 0.2) is 0 Å². The number of halogens is 3. The highest BCUT2D eigenvalue weighted by Crippen LogP contribution is 2.26. The number of anilines is 2. The number of aryl methyl sites for hydroxylation is 2. The Labute approximate surface area is 144 Å². The van der Waals surface area contributed by atoms with Crippen molar-refractivity contribution in [2.45, 2.75) is 31.9 Å². The number of hydrogen-bond acceptors (Lipinski definition) is 2. The van der Waals surface area contributed by atoms with Crippen LogP contribution in [0.5, 0.6) is 0 Å². The van der Waals surface area contributed by atoms with E-state index in [0.717, 1.165) is 25.7 Å². The molecular weight excluding hydrogens is 329 g/mol.